The summed E-state index contributed by atoms with van der Waals surface area (Å²) in [6, 6.07) is 3.46. The first-order valence-corrected chi connectivity index (χ1v) is 21.7. The molecular weight excluding hydrogens is 828 g/mol. The molecule has 13 nitrogen and oxygen atoms in total. The maximum Gasteiger partial charge on any atom is 0.479 e. The van der Waals surface area contributed by atoms with Crippen LogP contribution in [-0.2, 0) is 32.7 Å². The highest BCUT2D eigenvalue weighted by molar-refractivity contribution is 7.99. The van der Waals surface area contributed by atoms with Crippen molar-refractivity contribution in [3.8, 4) is 40.2 Å². The lowest BCUT2D eigenvalue weighted by Gasteiger charge is -2.53. The van der Waals surface area contributed by atoms with Gasteiger partial charge >= 0.3 is 17.4 Å². The van der Waals surface area contributed by atoms with E-state index in [0.29, 0.717) is 88.7 Å². The van der Waals surface area contributed by atoms with Crippen LogP contribution in [0.4, 0.5) is 13.2 Å². The number of aryl methyl sites for hydroxylation is 2. The molecule has 2 bridgehead atoms. The van der Waals surface area contributed by atoms with Crippen molar-refractivity contribution in [2.45, 2.75) is 88.3 Å². The van der Waals surface area contributed by atoms with Crippen LogP contribution >= 0.6 is 23.8 Å². The molecule has 0 radical (unpaired) electrons. The zero-order chi connectivity index (χ0) is 43.3. The van der Waals surface area contributed by atoms with Gasteiger partial charge in [0.15, 0.2) is 52.1 Å². The molecule has 3 aromatic rings. The molecule has 18 heteroatoms. The van der Waals surface area contributed by atoms with Crippen LogP contribution < -0.4 is 38.5 Å². The largest absolute Gasteiger partial charge is 0.504 e. The molecule has 1 spiro atoms. The van der Waals surface area contributed by atoms with E-state index in [0.717, 1.165) is 11.1 Å². The van der Waals surface area contributed by atoms with Crippen molar-refractivity contribution in [3.63, 3.8) is 0 Å². The summed E-state index contributed by atoms with van der Waals surface area (Å²) >= 11 is 0.799. The maximum absolute atomic E-state index is 14.8. The number of methoxy groups -OCH3 is 2. The number of phenols is 1. The lowest BCUT2D eigenvalue weighted by molar-refractivity contribution is -0.154. The fraction of sp³-hybridized carbons (Fsp3) is 0.524. The summed E-state index contributed by atoms with van der Waals surface area (Å²) < 4.78 is 80.7. The summed E-state index contributed by atoms with van der Waals surface area (Å²) in [4.78, 5) is 30.0. The summed E-state index contributed by atoms with van der Waals surface area (Å²) in [5, 5.41) is 18.4. The number of esters is 2. The molecular formula is C42H50F3N3O10S2. The Labute approximate surface area is 355 Å². The average Bonchev–Trinajstić information content (AvgIpc) is 3.71. The number of hydrogen-bond donors (Lipinski definition) is 3. The summed E-state index contributed by atoms with van der Waals surface area (Å²) in [5.74, 6) is 0.485. The monoisotopic (exact) mass is 877 g/mol. The molecule has 1 saturated heterocycles. The van der Waals surface area contributed by atoms with Crippen LogP contribution in [0.1, 0.15) is 89.0 Å². The molecule has 6 aliphatic heterocycles. The Hall–Kier alpha value is -4.23. The van der Waals surface area contributed by atoms with E-state index in [9.17, 15) is 27.9 Å². The SMILES string of the molecule is CC.CN[C@@H]1c2c(cc(C)c(OC)c2O)CCCN2C3COC(=O)[C@]4(CSC(c5c(OC(C)=O)c(C)c6c(c53)OCO6)C12)NCCc1cc(OSC(F)(F)F)c(OC)cc14. The minimum absolute atomic E-state index is 0.0126. The molecule has 0 saturated carbocycles. The predicted molar refractivity (Wildman–Crippen MR) is 220 cm³/mol. The van der Waals surface area contributed by atoms with Crippen LogP contribution in [0, 0.1) is 13.8 Å². The number of carbonyl (C=O) groups is 2. The summed E-state index contributed by atoms with van der Waals surface area (Å²) in [6.45, 7) is 9.71. The van der Waals surface area contributed by atoms with E-state index in [1.165, 1.54) is 39.0 Å². The zero-order valence-electron chi connectivity index (χ0n) is 34.7. The van der Waals surface area contributed by atoms with E-state index in [-0.39, 0.29) is 36.4 Å². The van der Waals surface area contributed by atoms with Gasteiger partial charge < -0.3 is 43.0 Å². The summed E-state index contributed by atoms with van der Waals surface area (Å²) in [7, 11) is 4.67. The van der Waals surface area contributed by atoms with Crippen LogP contribution in [0.25, 0.3) is 0 Å². The van der Waals surface area contributed by atoms with Gasteiger partial charge in [-0.05, 0) is 81.1 Å². The Morgan fingerprint density at radius 1 is 1.02 bits per heavy atom. The van der Waals surface area contributed by atoms with E-state index < -0.39 is 58.4 Å². The molecule has 3 unspecified atom stereocenters. The van der Waals surface area contributed by atoms with Crippen LogP contribution in [0.5, 0.6) is 40.2 Å². The fourth-order valence-corrected chi connectivity index (χ4v) is 11.5. The van der Waals surface area contributed by atoms with E-state index in [1.54, 1.807) is 6.07 Å². The van der Waals surface area contributed by atoms with E-state index in [4.69, 9.17) is 32.6 Å². The number of carbonyl (C=O) groups excluding carboxylic acids is 2. The van der Waals surface area contributed by atoms with E-state index in [2.05, 4.69) is 21.6 Å². The Morgan fingerprint density at radius 3 is 2.45 bits per heavy atom. The van der Waals surface area contributed by atoms with Gasteiger partial charge in [0, 0.05) is 47.5 Å². The number of halogens is 3. The van der Waals surface area contributed by atoms with Crippen molar-refractivity contribution in [2.24, 2.45) is 0 Å². The molecule has 6 heterocycles. The third kappa shape index (κ3) is 7.45. The highest BCUT2D eigenvalue weighted by Gasteiger charge is 2.55. The number of benzene rings is 3. The number of thioether (sulfide) groups is 1. The lowest BCUT2D eigenvalue weighted by atomic mass is 9.78. The molecule has 0 aliphatic carbocycles. The number of rotatable bonds is 6. The van der Waals surface area contributed by atoms with Crippen molar-refractivity contribution >= 4 is 35.7 Å². The van der Waals surface area contributed by atoms with Gasteiger partial charge in [-0.3, -0.25) is 15.0 Å². The van der Waals surface area contributed by atoms with Gasteiger partial charge in [0.25, 0.3) is 0 Å². The number of hydrogen-bond acceptors (Lipinski definition) is 15. The Morgan fingerprint density at radius 2 is 1.77 bits per heavy atom. The van der Waals surface area contributed by atoms with Gasteiger partial charge in [-0.15, -0.1) is 11.8 Å². The second-order valence-electron chi connectivity index (χ2n) is 14.9. The van der Waals surface area contributed by atoms with Gasteiger partial charge in [0.05, 0.1) is 31.6 Å². The molecule has 1 fully saturated rings. The van der Waals surface area contributed by atoms with Gasteiger partial charge in [-0.1, -0.05) is 19.9 Å². The number of fused-ring (bicyclic) bond motifs is 6. The highest BCUT2D eigenvalue weighted by atomic mass is 32.2. The van der Waals surface area contributed by atoms with Crippen molar-refractivity contribution in [1.29, 1.82) is 0 Å². The normalized spacial score (nSPS) is 24.3. The van der Waals surface area contributed by atoms with Crippen molar-refractivity contribution in [1.82, 2.24) is 15.5 Å². The first kappa shape index (κ1) is 43.8. The molecule has 0 amide bonds. The topological polar surface area (TPSA) is 146 Å². The molecule has 60 heavy (non-hydrogen) atoms. The number of alkyl halides is 3. The van der Waals surface area contributed by atoms with Crippen molar-refractivity contribution in [2.75, 3.05) is 53.5 Å². The number of aromatic hydroxyl groups is 1. The number of likely N-dealkylation sites (N-methyl/N-ethyl adjacent to an activating group) is 1. The second kappa shape index (κ2) is 17.3. The minimum Gasteiger partial charge on any atom is -0.504 e. The zero-order valence-corrected chi connectivity index (χ0v) is 36.4. The quantitative estimate of drug-likeness (QED) is 0.130. The number of nitrogens with zero attached hydrogens (tertiary/aromatic N) is 1. The van der Waals surface area contributed by atoms with Crippen LogP contribution in [0.3, 0.4) is 0 Å². The molecule has 0 aromatic heterocycles. The average molecular weight is 878 g/mol. The summed E-state index contributed by atoms with van der Waals surface area (Å²) in [5.41, 5.74) is -0.673. The Kier molecular flexibility index (Phi) is 12.6. The maximum atomic E-state index is 14.8. The molecule has 3 aromatic carbocycles. The van der Waals surface area contributed by atoms with Crippen molar-refractivity contribution in [3.05, 3.63) is 62.7 Å². The molecule has 6 aliphatic rings. The first-order chi connectivity index (χ1) is 28.7. The highest BCUT2D eigenvalue weighted by Crippen LogP contribution is 2.62. The molecule has 326 valence electrons. The molecule has 3 N–H and O–H groups in total. The smallest absolute Gasteiger partial charge is 0.479 e. The van der Waals surface area contributed by atoms with Gasteiger partial charge in [0.2, 0.25) is 6.79 Å². The Bertz CT molecular complexity index is 2170. The Balaban J connectivity index is 0.00000268. The van der Waals surface area contributed by atoms with Gasteiger partial charge in [-0.25, -0.2) is 4.79 Å². The van der Waals surface area contributed by atoms with E-state index >= 15 is 0 Å². The molecule has 9 rings (SSSR count). The fourth-order valence-electron chi connectivity index (χ4n) is 9.45. The first-order valence-electron chi connectivity index (χ1n) is 19.9. The predicted octanol–water partition coefficient (Wildman–Crippen LogP) is 7.26. The lowest BCUT2D eigenvalue weighted by Crippen LogP contribution is -2.59. The minimum atomic E-state index is -4.66. The number of nitrogens with one attached hydrogen (secondary N) is 2. The van der Waals surface area contributed by atoms with Crippen molar-refractivity contribution < 1.29 is 60.5 Å². The van der Waals surface area contributed by atoms with Gasteiger partial charge in [0.1, 0.15) is 12.4 Å². The van der Waals surface area contributed by atoms with Gasteiger partial charge in [-0.2, -0.15) is 13.2 Å². The van der Waals surface area contributed by atoms with Crippen LogP contribution in [0.15, 0.2) is 18.2 Å². The van der Waals surface area contributed by atoms with Crippen LogP contribution in [0.2, 0.25) is 0 Å². The van der Waals surface area contributed by atoms with E-state index in [1.807, 2.05) is 34.7 Å². The number of phenolic OH excluding ortho intramolecular Hbond substituents is 1. The third-order valence-electron chi connectivity index (χ3n) is 11.7. The molecule has 5 atom stereocenters. The summed E-state index contributed by atoms with van der Waals surface area (Å²) in [6.07, 6.45) is 1.73. The second-order valence-corrected chi connectivity index (χ2v) is 16.8. The van der Waals surface area contributed by atoms with Crippen LogP contribution in [-0.4, -0.2) is 87.0 Å². The standard InChI is InChI=1S/C40H44F3N3O10S2.C2H6/c1-18-12-22-8-7-11-46-24-15-52-38(49)39(23-14-25(50-5)26(56-58-40(41,42)43)13-21(23)9-10-45-39)16-57-37(31(46)30(44-4)27(22)32(48)33(18)51-6)29-28(24)36-35(53-17-54-36)19(2)34(29)55-20(3)47;1-2/h12-14,24,30-31,37,44-45,48H,7-11,15-17H2,1-6H3;1-2H3/t24?,30-,31?,37?,39-;/m1./s1. The third-order valence-corrected chi connectivity index (χ3v) is 13.6. The number of ether oxygens (including phenoxy) is 6.